The zero-order chi connectivity index (χ0) is 15.3. The summed E-state index contributed by atoms with van der Waals surface area (Å²) in [5, 5.41) is 4.37. The predicted octanol–water partition coefficient (Wildman–Crippen LogP) is 3.75. The highest BCUT2D eigenvalue weighted by Crippen LogP contribution is 2.45. The third-order valence-electron chi connectivity index (χ3n) is 3.30. The summed E-state index contributed by atoms with van der Waals surface area (Å²) in [6, 6.07) is 10.0. The number of thioether (sulfide) groups is 2. The fourth-order valence-corrected chi connectivity index (χ4v) is 5.08. The average Bonchev–Trinajstić information content (AvgIpc) is 2.86. The Labute approximate surface area is 135 Å². The lowest BCUT2D eigenvalue weighted by atomic mass is 10.0. The molecule has 0 bridgehead atoms. The standard InChI is InChI=1S/C16H22N2OS2/c1-12(2)15(13-7-5-4-6-8-13)18-17-14(19)11-16(3)20-9-10-21-16/h4-8,12H,9-11H2,1-3H3,(H,17,19)/b18-15+. The molecular weight excluding hydrogens is 300 g/mol. The molecule has 0 spiro atoms. The van der Waals surface area contributed by atoms with Crippen LogP contribution in [0.4, 0.5) is 0 Å². The van der Waals surface area contributed by atoms with Crippen LogP contribution in [0.1, 0.15) is 32.8 Å². The minimum Gasteiger partial charge on any atom is -0.273 e. The van der Waals surface area contributed by atoms with Crippen LogP contribution >= 0.6 is 23.5 Å². The molecule has 5 heteroatoms. The van der Waals surface area contributed by atoms with E-state index in [0.29, 0.717) is 6.42 Å². The molecule has 0 aliphatic carbocycles. The largest absolute Gasteiger partial charge is 0.273 e. The molecule has 21 heavy (non-hydrogen) atoms. The van der Waals surface area contributed by atoms with Gasteiger partial charge < -0.3 is 0 Å². The van der Waals surface area contributed by atoms with Gasteiger partial charge >= 0.3 is 0 Å². The van der Waals surface area contributed by atoms with Crippen LogP contribution in [0.15, 0.2) is 35.4 Å². The fraction of sp³-hybridized carbons (Fsp3) is 0.500. The molecule has 1 aromatic carbocycles. The van der Waals surface area contributed by atoms with Gasteiger partial charge in [-0.1, -0.05) is 44.2 Å². The Bertz CT molecular complexity index is 508. The predicted molar refractivity (Wildman–Crippen MR) is 93.9 cm³/mol. The molecule has 1 fully saturated rings. The second-order valence-electron chi connectivity index (χ2n) is 5.56. The summed E-state index contributed by atoms with van der Waals surface area (Å²) in [4.78, 5) is 12.1. The van der Waals surface area contributed by atoms with Crippen molar-refractivity contribution < 1.29 is 4.79 Å². The van der Waals surface area contributed by atoms with Crippen molar-refractivity contribution in [1.29, 1.82) is 0 Å². The molecule has 0 saturated carbocycles. The van der Waals surface area contributed by atoms with E-state index in [0.717, 1.165) is 22.8 Å². The van der Waals surface area contributed by atoms with Crippen molar-refractivity contribution in [2.45, 2.75) is 31.3 Å². The molecule has 1 aliphatic rings. The normalized spacial score (nSPS) is 18.0. The van der Waals surface area contributed by atoms with Crippen molar-refractivity contribution in [3.8, 4) is 0 Å². The summed E-state index contributed by atoms with van der Waals surface area (Å²) in [5.41, 5.74) is 4.71. The minimum absolute atomic E-state index is 0.00431. The molecule has 1 saturated heterocycles. The van der Waals surface area contributed by atoms with Gasteiger partial charge in [0, 0.05) is 11.5 Å². The van der Waals surface area contributed by atoms with E-state index in [2.05, 4.69) is 31.3 Å². The number of hydrogen-bond acceptors (Lipinski definition) is 4. The zero-order valence-corrected chi connectivity index (χ0v) is 14.4. The van der Waals surface area contributed by atoms with Gasteiger partial charge in [-0.15, -0.1) is 23.5 Å². The van der Waals surface area contributed by atoms with Crippen molar-refractivity contribution in [2.75, 3.05) is 11.5 Å². The van der Waals surface area contributed by atoms with Crippen LogP contribution in [-0.4, -0.2) is 27.2 Å². The van der Waals surface area contributed by atoms with Gasteiger partial charge in [0.1, 0.15) is 0 Å². The number of benzene rings is 1. The van der Waals surface area contributed by atoms with Gasteiger partial charge in [-0.25, -0.2) is 5.43 Å². The van der Waals surface area contributed by atoms with Crippen LogP contribution < -0.4 is 5.43 Å². The number of amides is 1. The number of carbonyl (C=O) groups is 1. The summed E-state index contributed by atoms with van der Waals surface area (Å²) in [6.07, 6.45) is 0.506. The van der Waals surface area contributed by atoms with Crippen LogP contribution in [0.2, 0.25) is 0 Å². The Morgan fingerprint density at radius 2 is 1.90 bits per heavy atom. The molecule has 1 aromatic rings. The minimum atomic E-state index is -0.00604. The smallest absolute Gasteiger partial charge is 0.242 e. The van der Waals surface area contributed by atoms with Crippen LogP contribution in [0.3, 0.4) is 0 Å². The lowest BCUT2D eigenvalue weighted by molar-refractivity contribution is -0.121. The summed E-state index contributed by atoms with van der Waals surface area (Å²) in [7, 11) is 0. The Morgan fingerprint density at radius 1 is 1.29 bits per heavy atom. The van der Waals surface area contributed by atoms with E-state index in [9.17, 15) is 4.79 Å². The van der Waals surface area contributed by atoms with E-state index in [-0.39, 0.29) is 15.9 Å². The molecule has 3 nitrogen and oxygen atoms in total. The lowest BCUT2D eigenvalue weighted by Gasteiger charge is -2.20. The molecule has 0 aromatic heterocycles. The van der Waals surface area contributed by atoms with Crippen LogP contribution in [0.5, 0.6) is 0 Å². The van der Waals surface area contributed by atoms with E-state index >= 15 is 0 Å². The molecular formula is C16H22N2OS2. The number of hydrazone groups is 1. The second-order valence-corrected chi connectivity index (χ2v) is 9.01. The van der Waals surface area contributed by atoms with Crippen molar-refractivity contribution in [2.24, 2.45) is 11.0 Å². The molecule has 1 aliphatic heterocycles. The van der Waals surface area contributed by atoms with Crippen LogP contribution in [-0.2, 0) is 4.79 Å². The monoisotopic (exact) mass is 322 g/mol. The van der Waals surface area contributed by atoms with Gasteiger partial charge in [0.25, 0.3) is 0 Å². The Morgan fingerprint density at radius 3 is 2.48 bits per heavy atom. The summed E-state index contributed by atoms with van der Waals surface area (Å²) in [5.74, 6) is 2.50. The third-order valence-corrected chi connectivity index (χ3v) is 6.59. The highest BCUT2D eigenvalue weighted by atomic mass is 32.2. The van der Waals surface area contributed by atoms with Crippen molar-refractivity contribution >= 4 is 35.1 Å². The highest BCUT2D eigenvalue weighted by molar-refractivity contribution is 8.21. The lowest BCUT2D eigenvalue weighted by Crippen LogP contribution is -2.28. The summed E-state index contributed by atoms with van der Waals surface area (Å²) in [6.45, 7) is 6.31. The molecule has 0 unspecified atom stereocenters. The SMILES string of the molecule is CC(C)/C(=N\NC(=O)CC1(C)SCCS1)c1ccccc1. The maximum absolute atomic E-state index is 12.1. The quantitative estimate of drug-likeness (QED) is 0.663. The van der Waals surface area contributed by atoms with Crippen LogP contribution in [0, 0.1) is 5.92 Å². The van der Waals surface area contributed by atoms with E-state index in [1.807, 2.05) is 53.9 Å². The number of nitrogens with one attached hydrogen (secondary N) is 1. The van der Waals surface area contributed by atoms with Crippen LogP contribution in [0.25, 0.3) is 0 Å². The maximum Gasteiger partial charge on any atom is 0.242 e. The summed E-state index contributed by atoms with van der Waals surface area (Å²) >= 11 is 3.73. The highest BCUT2D eigenvalue weighted by Gasteiger charge is 2.32. The number of carbonyl (C=O) groups excluding carboxylic acids is 1. The first-order valence-corrected chi connectivity index (χ1v) is 9.17. The van der Waals surface area contributed by atoms with Crippen molar-refractivity contribution in [1.82, 2.24) is 5.43 Å². The number of hydrogen-bond donors (Lipinski definition) is 1. The Kier molecular flexibility index (Phi) is 5.76. The molecule has 1 heterocycles. The molecule has 2 rings (SSSR count). The number of nitrogens with zero attached hydrogens (tertiary/aromatic N) is 1. The van der Waals surface area contributed by atoms with E-state index < -0.39 is 0 Å². The van der Waals surface area contributed by atoms with E-state index in [1.54, 1.807) is 0 Å². The van der Waals surface area contributed by atoms with E-state index in [4.69, 9.17) is 0 Å². The van der Waals surface area contributed by atoms with Gasteiger partial charge in [0.15, 0.2) is 0 Å². The van der Waals surface area contributed by atoms with Crippen molar-refractivity contribution in [3.05, 3.63) is 35.9 Å². The van der Waals surface area contributed by atoms with Gasteiger partial charge in [0.05, 0.1) is 16.2 Å². The summed E-state index contributed by atoms with van der Waals surface area (Å²) < 4.78 is 0.00431. The van der Waals surface area contributed by atoms with Gasteiger partial charge in [-0.3, -0.25) is 4.79 Å². The molecule has 1 amide bonds. The fourth-order valence-electron chi connectivity index (χ4n) is 2.25. The van der Waals surface area contributed by atoms with Gasteiger partial charge in [0.2, 0.25) is 5.91 Å². The Balaban J connectivity index is 2.01. The first-order chi connectivity index (χ1) is 10.0. The van der Waals surface area contributed by atoms with E-state index in [1.165, 1.54) is 0 Å². The topological polar surface area (TPSA) is 41.5 Å². The van der Waals surface area contributed by atoms with Gasteiger partial charge in [-0.05, 0) is 18.4 Å². The molecule has 1 N–H and O–H groups in total. The molecule has 0 atom stereocenters. The first-order valence-electron chi connectivity index (χ1n) is 7.20. The zero-order valence-electron chi connectivity index (χ0n) is 12.8. The van der Waals surface area contributed by atoms with Crippen molar-refractivity contribution in [3.63, 3.8) is 0 Å². The number of rotatable bonds is 5. The first kappa shape index (κ1) is 16.4. The van der Waals surface area contributed by atoms with Gasteiger partial charge in [-0.2, -0.15) is 5.10 Å². The second kappa shape index (κ2) is 7.36. The average molecular weight is 322 g/mol. The Hall–Kier alpha value is -0.940. The third kappa shape index (κ3) is 4.78. The molecule has 114 valence electrons. The maximum atomic E-state index is 12.1. The molecule has 0 radical (unpaired) electrons.